The number of ether oxygens (including phenoxy) is 1. The fourth-order valence-corrected chi connectivity index (χ4v) is 4.34. The summed E-state index contributed by atoms with van der Waals surface area (Å²) in [6, 6.07) is 7.49. The Morgan fingerprint density at radius 1 is 1.32 bits per heavy atom. The molecule has 19 heavy (non-hydrogen) atoms. The first-order chi connectivity index (χ1) is 8.97. The molecule has 1 fully saturated rings. The summed E-state index contributed by atoms with van der Waals surface area (Å²) in [5.41, 5.74) is 0.995. The molecule has 3 unspecified atom stereocenters. The van der Waals surface area contributed by atoms with Crippen molar-refractivity contribution in [1.82, 2.24) is 5.32 Å². The first-order valence-electron chi connectivity index (χ1n) is 6.59. The molecule has 1 aliphatic heterocycles. The summed E-state index contributed by atoms with van der Waals surface area (Å²) in [6.45, 7) is 3.79. The molecule has 1 aromatic carbocycles. The number of sulfone groups is 1. The van der Waals surface area contributed by atoms with E-state index < -0.39 is 15.1 Å². The molecule has 106 valence electrons. The standard InChI is InChI=1S/C14H21NO3S/c1-4-12-9-19(16,17)10(2)14(15-12)11-5-7-13(18-3)8-6-11/h5-8,10,12,14-15H,4,9H2,1-3H3. The van der Waals surface area contributed by atoms with E-state index in [2.05, 4.69) is 5.32 Å². The third kappa shape index (κ3) is 2.92. The van der Waals surface area contributed by atoms with Gasteiger partial charge in [-0.3, -0.25) is 0 Å². The highest BCUT2D eigenvalue weighted by molar-refractivity contribution is 7.92. The van der Waals surface area contributed by atoms with Crippen LogP contribution in [0.4, 0.5) is 0 Å². The molecule has 0 aliphatic carbocycles. The summed E-state index contributed by atoms with van der Waals surface area (Å²) in [4.78, 5) is 0. The van der Waals surface area contributed by atoms with E-state index in [4.69, 9.17) is 4.74 Å². The lowest BCUT2D eigenvalue weighted by Gasteiger charge is -2.35. The fraction of sp³-hybridized carbons (Fsp3) is 0.571. The normalized spacial score (nSPS) is 29.9. The molecule has 4 nitrogen and oxygen atoms in total. The van der Waals surface area contributed by atoms with E-state index in [9.17, 15) is 8.42 Å². The molecule has 0 amide bonds. The van der Waals surface area contributed by atoms with Gasteiger partial charge in [-0.05, 0) is 31.0 Å². The van der Waals surface area contributed by atoms with Crippen LogP contribution in [0, 0.1) is 0 Å². The Kier molecular flexibility index (Phi) is 4.16. The lowest BCUT2D eigenvalue weighted by molar-refractivity contribution is 0.401. The van der Waals surface area contributed by atoms with Gasteiger partial charge in [0.15, 0.2) is 9.84 Å². The third-order valence-corrected chi connectivity index (χ3v) is 6.12. The Labute approximate surface area is 115 Å². The second-order valence-corrected chi connectivity index (χ2v) is 7.46. The van der Waals surface area contributed by atoms with Crippen LogP contribution in [0.25, 0.3) is 0 Å². The topological polar surface area (TPSA) is 55.4 Å². The fourth-order valence-electron chi connectivity index (χ4n) is 2.49. The molecule has 5 heteroatoms. The van der Waals surface area contributed by atoms with Gasteiger partial charge in [0.2, 0.25) is 0 Å². The van der Waals surface area contributed by atoms with Crippen LogP contribution < -0.4 is 10.1 Å². The molecule has 3 atom stereocenters. The van der Waals surface area contributed by atoms with Crippen molar-refractivity contribution in [2.75, 3.05) is 12.9 Å². The van der Waals surface area contributed by atoms with Crippen LogP contribution in [0.1, 0.15) is 31.9 Å². The molecular formula is C14H21NO3S. The summed E-state index contributed by atoms with van der Waals surface area (Å²) >= 11 is 0. The maximum Gasteiger partial charge on any atom is 0.156 e. The lowest BCUT2D eigenvalue weighted by atomic mass is 10.0. The summed E-state index contributed by atoms with van der Waals surface area (Å²) in [5.74, 6) is 1.01. The van der Waals surface area contributed by atoms with Crippen LogP contribution >= 0.6 is 0 Å². The Bertz CT molecular complexity index is 524. The molecule has 2 rings (SSSR count). The molecule has 0 spiro atoms. The SMILES string of the molecule is CCC1CS(=O)(=O)C(C)C(c2ccc(OC)cc2)N1. The first kappa shape index (κ1) is 14.3. The van der Waals surface area contributed by atoms with Crippen molar-refractivity contribution in [3.8, 4) is 5.75 Å². The van der Waals surface area contributed by atoms with Crippen molar-refractivity contribution < 1.29 is 13.2 Å². The van der Waals surface area contributed by atoms with Gasteiger partial charge >= 0.3 is 0 Å². The monoisotopic (exact) mass is 283 g/mol. The van der Waals surface area contributed by atoms with E-state index in [1.54, 1.807) is 14.0 Å². The average molecular weight is 283 g/mol. The molecule has 0 saturated carbocycles. The van der Waals surface area contributed by atoms with Gasteiger partial charge in [-0.15, -0.1) is 0 Å². The van der Waals surface area contributed by atoms with E-state index in [0.717, 1.165) is 17.7 Å². The Hall–Kier alpha value is -1.07. The number of methoxy groups -OCH3 is 1. The summed E-state index contributed by atoms with van der Waals surface area (Å²) < 4.78 is 29.5. The number of hydrogen-bond donors (Lipinski definition) is 1. The summed E-state index contributed by atoms with van der Waals surface area (Å²) in [7, 11) is -1.41. The molecule has 0 bridgehead atoms. The van der Waals surface area contributed by atoms with Gasteiger partial charge in [0.1, 0.15) is 5.75 Å². The maximum absolute atomic E-state index is 12.2. The van der Waals surface area contributed by atoms with Crippen molar-refractivity contribution in [3.63, 3.8) is 0 Å². The van der Waals surface area contributed by atoms with Gasteiger partial charge < -0.3 is 10.1 Å². The molecule has 1 N–H and O–H groups in total. The van der Waals surface area contributed by atoms with Crippen molar-refractivity contribution in [2.24, 2.45) is 0 Å². The van der Waals surface area contributed by atoms with Crippen molar-refractivity contribution >= 4 is 9.84 Å². The molecule has 0 aromatic heterocycles. The van der Waals surface area contributed by atoms with Crippen molar-refractivity contribution in [3.05, 3.63) is 29.8 Å². The van der Waals surface area contributed by atoms with Crippen LogP contribution in [0.3, 0.4) is 0 Å². The van der Waals surface area contributed by atoms with Gasteiger partial charge in [-0.2, -0.15) is 0 Å². The summed E-state index contributed by atoms with van der Waals surface area (Å²) in [5, 5.41) is 3.04. The smallest absolute Gasteiger partial charge is 0.156 e. The van der Waals surface area contributed by atoms with Gasteiger partial charge in [0, 0.05) is 12.1 Å². The Morgan fingerprint density at radius 3 is 2.47 bits per heavy atom. The predicted molar refractivity (Wildman–Crippen MR) is 76.2 cm³/mol. The molecule has 0 radical (unpaired) electrons. The van der Waals surface area contributed by atoms with Gasteiger partial charge in [-0.1, -0.05) is 19.1 Å². The van der Waals surface area contributed by atoms with Crippen molar-refractivity contribution in [1.29, 1.82) is 0 Å². The second-order valence-electron chi connectivity index (χ2n) is 5.06. The highest BCUT2D eigenvalue weighted by Gasteiger charge is 2.38. The van der Waals surface area contributed by atoms with Crippen LogP contribution in [0.2, 0.25) is 0 Å². The van der Waals surface area contributed by atoms with Crippen LogP contribution in [0.5, 0.6) is 5.75 Å². The molecule has 1 heterocycles. The van der Waals surface area contributed by atoms with E-state index in [1.165, 1.54) is 0 Å². The Morgan fingerprint density at radius 2 is 1.95 bits per heavy atom. The van der Waals surface area contributed by atoms with Crippen LogP contribution in [0.15, 0.2) is 24.3 Å². The number of nitrogens with one attached hydrogen (secondary N) is 1. The zero-order chi connectivity index (χ0) is 14.0. The highest BCUT2D eigenvalue weighted by atomic mass is 32.2. The van der Waals surface area contributed by atoms with E-state index in [-0.39, 0.29) is 17.8 Å². The van der Waals surface area contributed by atoms with Crippen LogP contribution in [-0.2, 0) is 9.84 Å². The minimum absolute atomic E-state index is 0.0355. The van der Waals surface area contributed by atoms with Gasteiger partial charge in [0.05, 0.1) is 18.1 Å². The largest absolute Gasteiger partial charge is 0.497 e. The number of rotatable bonds is 3. The molecular weight excluding hydrogens is 262 g/mol. The predicted octanol–water partition coefficient (Wildman–Crippen LogP) is 1.92. The number of hydrogen-bond acceptors (Lipinski definition) is 4. The van der Waals surface area contributed by atoms with Crippen molar-refractivity contribution in [2.45, 2.75) is 37.6 Å². The number of benzene rings is 1. The minimum atomic E-state index is -3.03. The lowest BCUT2D eigenvalue weighted by Crippen LogP contribution is -2.51. The van der Waals surface area contributed by atoms with E-state index >= 15 is 0 Å². The third-order valence-electron chi connectivity index (χ3n) is 3.85. The zero-order valence-corrected chi connectivity index (χ0v) is 12.4. The minimum Gasteiger partial charge on any atom is -0.497 e. The first-order valence-corrected chi connectivity index (χ1v) is 8.31. The Balaban J connectivity index is 2.30. The van der Waals surface area contributed by atoms with E-state index in [0.29, 0.717) is 0 Å². The summed E-state index contributed by atoms with van der Waals surface area (Å²) in [6.07, 6.45) is 0.818. The van der Waals surface area contributed by atoms with Gasteiger partial charge in [0.25, 0.3) is 0 Å². The maximum atomic E-state index is 12.2. The van der Waals surface area contributed by atoms with Gasteiger partial charge in [-0.25, -0.2) is 8.42 Å². The van der Waals surface area contributed by atoms with E-state index in [1.807, 2.05) is 31.2 Å². The molecule has 1 aromatic rings. The quantitative estimate of drug-likeness (QED) is 0.921. The molecule has 1 aliphatic rings. The molecule has 1 saturated heterocycles. The van der Waals surface area contributed by atoms with Crippen LogP contribution in [-0.4, -0.2) is 32.6 Å². The zero-order valence-electron chi connectivity index (χ0n) is 11.6. The second kappa shape index (κ2) is 5.51. The average Bonchev–Trinajstić information content (AvgIpc) is 2.41. The highest BCUT2D eigenvalue weighted by Crippen LogP contribution is 2.29.